The molecule has 0 unspecified atom stereocenters. The molecule has 0 bridgehead atoms. The van der Waals surface area contributed by atoms with Crippen LogP contribution in [0.5, 0.6) is 0 Å². The SMILES string of the molecule is CC(=O)NCc1ccc(C(=O)OCCc2scnc2C)cc1. The summed E-state index contributed by atoms with van der Waals surface area (Å²) in [7, 11) is 0. The highest BCUT2D eigenvalue weighted by atomic mass is 32.1. The molecule has 0 saturated carbocycles. The van der Waals surface area contributed by atoms with Crippen LogP contribution in [0.2, 0.25) is 0 Å². The van der Waals surface area contributed by atoms with E-state index in [0.717, 1.165) is 16.1 Å². The second-order valence-electron chi connectivity index (χ2n) is 4.85. The Labute approximate surface area is 133 Å². The summed E-state index contributed by atoms with van der Waals surface area (Å²) in [6.45, 7) is 4.21. The van der Waals surface area contributed by atoms with Crippen LogP contribution in [0, 0.1) is 6.92 Å². The van der Waals surface area contributed by atoms with Gasteiger partial charge in [0.25, 0.3) is 0 Å². The van der Waals surface area contributed by atoms with E-state index < -0.39 is 0 Å². The molecule has 1 aromatic carbocycles. The van der Waals surface area contributed by atoms with Gasteiger partial charge in [0.1, 0.15) is 0 Å². The van der Waals surface area contributed by atoms with Crippen LogP contribution in [0.1, 0.15) is 33.4 Å². The van der Waals surface area contributed by atoms with Crippen molar-refractivity contribution < 1.29 is 14.3 Å². The van der Waals surface area contributed by atoms with E-state index in [-0.39, 0.29) is 11.9 Å². The fourth-order valence-electron chi connectivity index (χ4n) is 1.87. The van der Waals surface area contributed by atoms with Crippen LogP contribution in [-0.2, 0) is 22.5 Å². The van der Waals surface area contributed by atoms with Crippen LogP contribution in [-0.4, -0.2) is 23.5 Å². The second-order valence-corrected chi connectivity index (χ2v) is 5.79. The first kappa shape index (κ1) is 16.2. The number of hydrogen-bond donors (Lipinski definition) is 1. The number of ether oxygens (including phenoxy) is 1. The van der Waals surface area contributed by atoms with Gasteiger partial charge in [-0.25, -0.2) is 9.78 Å². The lowest BCUT2D eigenvalue weighted by atomic mass is 10.1. The fourth-order valence-corrected chi connectivity index (χ4v) is 2.63. The molecule has 0 fully saturated rings. The topological polar surface area (TPSA) is 68.3 Å². The van der Waals surface area contributed by atoms with Crippen molar-refractivity contribution in [3.63, 3.8) is 0 Å². The minimum Gasteiger partial charge on any atom is -0.462 e. The van der Waals surface area contributed by atoms with Crippen molar-refractivity contribution in [2.45, 2.75) is 26.8 Å². The molecular weight excluding hydrogens is 300 g/mol. The molecule has 2 rings (SSSR count). The van der Waals surface area contributed by atoms with Gasteiger partial charge in [-0.3, -0.25) is 4.79 Å². The molecule has 2 aromatic rings. The van der Waals surface area contributed by atoms with Crippen LogP contribution in [0.4, 0.5) is 0 Å². The molecule has 0 aliphatic rings. The molecule has 6 heteroatoms. The summed E-state index contributed by atoms with van der Waals surface area (Å²) in [5.41, 5.74) is 4.23. The van der Waals surface area contributed by atoms with Gasteiger partial charge in [-0.15, -0.1) is 11.3 Å². The van der Waals surface area contributed by atoms with Crippen LogP contribution < -0.4 is 5.32 Å². The second kappa shape index (κ2) is 7.70. The average Bonchev–Trinajstić information content (AvgIpc) is 2.91. The van der Waals surface area contributed by atoms with E-state index >= 15 is 0 Å². The van der Waals surface area contributed by atoms with Gasteiger partial charge in [-0.05, 0) is 24.6 Å². The maximum atomic E-state index is 11.9. The lowest BCUT2D eigenvalue weighted by molar-refractivity contribution is -0.119. The monoisotopic (exact) mass is 318 g/mol. The van der Waals surface area contributed by atoms with E-state index in [1.54, 1.807) is 41.1 Å². The zero-order valence-corrected chi connectivity index (χ0v) is 13.4. The van der Waals surface area contributed by atoms with Gasteiger partial charge in [-0.1, -0.05) is 12.1 Å². The number of carbonyl (C=O) groups is 2. The predicted molar refractivity (Wildman–Crippen MR) is 84.8 cm³/mol. The molecule has 1 aromatic heterocycles. The first-order valence-electron chi connectivity index (χ1n) is 6.95. The number of aromatic nitrogens is 1. The molecule has 1 amide bonds. The van der Waals surface area contributed by atoms with Crippen molar-refractivity contribution in [1.82, 2.24) is 10.3 Å². The predicted octanol–water partition coefficient (Wildman–Crippen LogP) is 2.49. The lowest BCUT2D eigenvalue weighted by Gasteiger charge is -2.06. The Morgan fingerprint density at radius 3 is 2.59 bits per heavy atom. The number of aryl methyl sites for hydroxylation is 1. The molecule has 0 spiro atoms. The van der Waals surface area contributed by atoms with Gasteiger partial charge in [0, 0.05) is 24.8 Å². The number of esters is 1. The molecule has 1 N–H and O–H groups in total. The molecule has 0 aliphatic carbocycles. The number of amides is 1. The maximum Gasteiger partial charge on any atom is 0.338 e. The normalized spacial score (nSPS) is 10.3. The van der Waals surface area contributed by atoms with E-state index in [2.05, 4.69) is 10.3 Å². The molecular formula is C16H18N2O3S. The van der Waals surface area contributed by atoms with Gasteiger partial charge in [0.2, 0.25) is 5.91 Å². The Balaban J connectivity index is 1.82. The standard InChI is InChI=1S/C16H18N2O3S/c1-11-15(22-10-18-11)7-8-21-16(20)14-5-3-13(4-6-14)9-17-12(2)19/h3-6,10H,7-9H2,1-2H3,(H,17,19). The highest BCUT2D eigenvalue weighted by Gasteiger charge is 2.08. The maximum absolute atomic E-state index is 11.9. The zero-order chi connectivity index (χ0) is 15.9. The van der Waals surface area contributed by atoms with E-state index in [4.69, 9.17) is 4.74 Å². The molecule has 0 atom stereocenters. The third kappa shape index (κ3) is 4.66. The highest BCUT2D eigenvalue weighted by Crippen LogP contribution is 2.13. The summed E-state index contributed by atoms with van der Waals surface area (Å²) in [6, 6.07) is 7.02. The van der Waals surface area contributed by atoms with Crippen molar-refractivity contribution in [3.05, 3.63) is 51.5 Å². The summed E-state index contributed by atoms with van der Waals surface area (Å²) >= 11 is 1.57. The number of thiazole rings is 1. The van der Waals surface area contributed by atoms with Gasteiger partial charge in [-0.2, -0.15) is 0 Å². The number of rotatable bonds is 6. The average molecular weight is 318 g/mol. The number of carbonyl (C=O) groups excluding carboxylic acids is 2. The lowest BCUT2D eigenvalue weighted by Crippen LogP contribution is -2.18. The summed E-state index contributed by atoms with van der Waals surface area (Å²) in [5.74, 6) is -0.421. The number of nitrogens with one attached hydrogen (secondary N) is 1. The van der Waals surface area contributed by atoms with E-state index in [9.17, 15) is 9.59 Å². The van der Waals surface area contributed by atoms with Crippen molar-refractivity contribution >= 4 is 23.2 Å². The van der Waals surface area contributed by atoms with Crippen molar-refractivity contribution in [3.8, 4) is 0 Å². The summed E-state index contributed by atoms with van der Waals surface area (Å²) < 4.78 is 5.26. The number of nitrogens with zero attached hydrogens (tertiary/aromatic N) is 1. The molecule has 0 saturated heterocycles. The zero-order valence-electron chi connectivity index (χ0n) is 12.6. The van der Waals surface area contributed by atoms with Crippen molar-refractivity contribution in [2.24, 2.45) is 0 Å². The summed E-state index contributed by atoms with van der Waals surface area (Å²) in [5, 5.41) is 2.71. The smallest absolute Gasteiger partial charge is 0.338 e. The molecule has 5 nitrogen and oxygen atoms in total. The first-order valence-corrected chi connectivity index (χ1v) is 7.83. The van der Waals surface area contributed by atoms with Crippen LogP contribution in [0.3, 0.4) is 0 Å². The molecule has 1 heterocycles. The molecule has 116 valence electrons. The van der Waals surface area contributed by atoms with Crippen LogP contribution in [0.25, 0.3) is 0 Å². The molecule has 0 aliphatic heterocycles. The van der Waals surface area contributed by atoms with Crippen LogP contribution >= 0.6 is 11.3 Å². The minimum atomic E-state index is -0.340. The van der Waals surface area contributed by atoms with Crippen molar-refractivity contribution in [2.75, 3.05) is 6.61 Å². The van der Waals surface area contributed by atoms with Crippen molar-refractivity contribution in [1.29, 1.82) is 0 Å². The number of benzene rings is 1. The number of hydrogen-bond acceptors (Lipinski definition) is 5. The largest absolute Gasteiger partial charge is 0.462 e. The molecule has 22 heavy (non-hydrogen) atoms. The fraction of sp³-hybridized carbons (Fsp3) is 0.312. The summed E-state index contributed by atoms with van der Waals surface area (Å²) in [4.78, 5) is 28.1. The van der Waals surface area contributed by atoms with Gasteiger partial charge < -0.3 is 10.1 Å². The Morgan fingerprint density at radius 1 is 1.27 bits per heavy atom. The molecule has 0 radical (unpaired) electrons. The van der Waals surface area contributed by atoms with Gasteiger partial charge in [0.15, 0.2) is 0 Å². The van der Waals surface area contributed by atoms with E-state index in [1.165, 1.54) is 6.92 Å². The Morgan fingerprint density at radius 2 is 2.00 bits per heavy atom. The Hall–Kier alpha value is -2.21. The Bertz CT molecular complexity index is 650. The van der Waals surface area contributed by atoms with E-state index in [1.807, 2.05) is 6.92 Å². The highest BCUT2D eigenvalue weighted by molar-refractivity contribution is 7.09. The Kier molecular flexibility index (Phi) is 5.66. The minimum absolute atomic E-state index is 0.0816. The third-order valence-electron chi connectivity index (χ3n) is 3.14. The van der Waals surface area contributed by atoms with E-state index in [0.29, 0.717) is 25.1 Å². The summed E-state index contributed by atoms with van der Waals surface area (Å²) in [6.07, 6.45) is 0.683. The van der Waals surface area contributed by atoms with Crippen LogP contribution in [0.15, 0.2) is 29.8 Å². The third-order valence-corrected chi connectivity index (χ3v) is 4.13. The first-order chi connectivity index (χ1) is 10.6. The van der Waals surface area contributed by atoms with Gasteiger partial charge in [0.05, 0.1) is 23.4 Å². The quantitative estimate of drug-likeness (QED) is 0.831. The van der Waals surface area contributed by atoms with Gasteiger partial charge >= 0.3 is 5.97 Å².